The first-order valence-electron chi connectivity index (χ1n) is 8.16. The Morgan fingerprint density at radius 1 is 1.25 bits per heavy atom. The highest BCUT2D eigenvalue weighted by molar-refractivity contribution is 8.26. The van der Waals surface area contributed by atoms with Crippen LogP contribution >= 0.6 is 35.6 Å². The van der Waals surface area contributed by atoms with Gasteiger partial charge in [-0.1, -0.05) is 78.1 Å². The van der Waals surface area contributed by atoms with E-state index in [9.17, 15) is 14.0 Å². The lowest BCUT2D eigenvalue weighted by atomic mass is 10.2. The summed E-state index contributed by atoms with van der Waals surface area (Å²) in [6, 6.07) is 13.5. The summed E-state index contributed by atoms with van der Waals surface area (Å²) < 4.78 is 13.5. The van der Waals surface area contributed by atoms with E-state index in [2.05, 4.69) is 5.32 Å². The van der Waals surface area contributed by atoms with Crippen LogP contribution in [0.5, 0.6) is 0 Å². The third-order valence-electron chi connectivity index (χ3n) is 3.71. The van der Waals surface area contributed by atoms with Crippen molar-refractivity contribution >= 4 is 63.5 Å². The molecule has 0 unspecified atom stereocenters. The fourth-order valence-electron chi connectivity index (χ4n) is 2.38. The highest BCUT2D eigenvalue weighted by Gasteiger charge is 2.33. The van der Waals surface area contributed by atoms with E-state index in [4.69, 9.17) is 23.8 Å². The van der Waals surface area contributed by atoms with Gasteiger partial charge in [0.25, 0.3) is 5.91 Å². The van der Waals surface area contributed by atoms with Crippen molar-refractivity contribution in [1.82, 2.24) is 4.90 Å². The number of hydrogen-bond donors (Lipinski definition) is 1. The Kier molecular flexibility index (Phi) is 6.61. The zero-order chi connectivity index (χ0) is 20.1. The van der Waals surface area contributed by atoms with Crippen molar-refractivity contribution in [3.05, 3.63) is 82.0 Å². The summed E-state index contributed by atoms with van der Waals surface area (Å²) in [7, 11) is 0. The molecule has 28 heavy (non-hydrogen) atoms. The minimum atomic E-state index is -0.578. The predicted molar refractivity (Wildman–Crippen MR) is 116 cm³/mol. The van der Waals surface area contributed by atoms with Crippen LogP contribution in [0.1, 0.15) is 5.56 Å². The van der Waals surface area contributed by atoms with E-state index in [1.165, 1.54) is 17.0 Å². The minimum absolute atomic E-state index is 0.100. The Morgan fingerprint density at radius 2 is 2.00 bits per heavy atom. The van der Waals surface area contributed by atoms with Crippen molar-refractivity contribution in [1.29, 1.82) is 0 Å². The summed E-state index contributed by atoms with van der Waals surface area (Å²) in [5.74, 6) is -1.37. The Labute approximate surface area is 176 Å². The lowest BCUT2D eigenvalue weighted by molar-refractivity contribution is -0.126. The number of rotatable bonds is 5. The van der Waals surface area contributed by atoms with E-state index in [1.54, 1.807) is 12.2 Å². The normalized spacial score (nSPS) is 15.6. The SMILES string of the molecule is O=C(CN1C(=O)/C(=C\C=C\c2ccccc2)SC1=S)Nc1ccc(F)c(Cl)c1. The molecule has 0 spiro atoms. The number of carbonyl (C=O) groups excluding carboxylic acids is 2. The number of anilines is 1. The number of thiocarbonyl (C=S) groups is 1. The van der Waals surface area contributed by atoms with Gasteiger partial charge in [0.15, 0.2) is 0 Å². The van der Waals surface area contributed by atoms with Crippen molar-refractivity contribution < 1.29 is 14.0 Å². The molecule has 3 rings (SSSR count). The van der Waals surface area contributed by atoms with E-state index in [0.29, 0.717) is 14.9 Å². The molecule has 0 aliphatic carbocycles. The molecule has 1 fully saturated rings. The van der Waals surface area contributed by atoms with Crippen molar-refractivity contribution in [3.63, 3.8) is 0 Å². The minimum Gasteiger partial charge on any atom is -0.324 e. The first-order valence-corrected chi connectivity index (χ1v) is 9.76. The van der Waals surface area contributed by atoms with Gasteiger partial charge in [-0.15, -0.1) is 0 Å². The molecular weight excluding hydrogens is 419 g/mol. The van der Waals surface area contributed by atoms with Crippen LogP contribution in [0.4, 0.5) is 10.1 Å². The van der Waals surface area contributed by atoms with Gasteiger partial charge in [-0.3, -0.25) is 14.5 Å². The summed E-state index contributed by atoms with van der Waals surface area (Å²) in [6.45, 7) is -0.237. The highest BCUT2D eigenvalue weighted by atomic mass is 35.5. The molecular formula is C20H14ClFN2O2S2. The zero-order valence-corrected chi connectivity index (χ0v) is 16.8. The Hall–Kier alpha value is -2.48. The second-order valence-electron chi connectivity index (χ2n) is 5.74. The number of halogens is 2. The number of nitrogens with one attached hydrogen (secondary N) is 1. The molecule has 1 saturated heterocycles. The van der Waals surface area contributed by atoms with Gasteiger partial charge in [-0.05, 0) is 29.8 Å². The molecule has 0 aromatic heterocycles. The molecule has 8 heteroatoms. The van der Waals surface area contributed by atoms with Crippen LogP contribution in [0, 0.1) is 5.82 Å². The van der Waals surface area contributed by atoms with Gasteiger partial charge in [0.1, 0.15) is 16.7 Å². The molecule has 2 aromatic rings. The van der Waals surface area contributed by atoms with Gasteiger partial charge in [-0.2, -0.15) is 0 Å². The molecule has 0 atom stereocenters. The van der Waals surface area contributed by atoms with Gasteiger partial charge in [0, 0.05) is 5.69 Å². The molecule has 0 bridgehead atoms. The second-order valence-corrected chi connectivity index (χ2v) is 7.82. The average molecular weight is 433 g/mol. The lowest BCUT2D eigenvalue weighted by Gasteiger charge is -2.14. The van der Waals surface area contributed by atoms with Crippen LogP contribution in [-0.4, -0.2) is 27.6 Å². The van der Waals surface area contributed by atoms with E-state index >= 15 is 0 Å². The second kappa shape index (κ2) is 9.14. The third kappa shape index (κ3) is 5.07. The highest BCUT2D eigenvalue weighted by Crippen LogP contribution is 2.31. The molecule has 4 nitrogen and oxygen atoms in total. The molecule has 142 valence electrons. The van der Waals surface area contributed by atoms with E-state index in [-0.39, 0.29) is 17.5 Å². The summed E-state index contributed by atoms with van der Waals surface area (Å²) in [5, 5.41) is 2.47. The van der Waals surface area contributed by atoms with Crippen molar-refractivity contribution in [2.75, 3.05) is 11.9 Å². The molecule has 0 saturated carbocycles. The van der Waals surface area contributed by atoms with E-state index in [1.807, 2.05) is 36.4 Å². The summed E-state index contributed by atoms with van der Waals surface area (Å²) in [6.07, 6.45) is 5.31. The van der Waals surface area contributed by atoms with Crippen LogP contribution in [0.15, 0.2) is 65.6 Å². The quantitative estimate of drug-likeness (QED) is 0.540. The molecule has 0 radical (unpaired) electrons. The van der Waals surface area contributed by atoms with Gasteiger partial charge < -0.3 is 5.32 Å². The molecule has 1 heterocycles. The number of thioether (sulfide) groups is 1. The third-order valence-corrected chi connectivity index (χ3v) is 5.40. The zero-order valence-electron chi connectivity index (χ0n) is 14.4. The summed E-state index contributed by atoms with van der Waals surface area (Å²) in [5.41, 5.74) is 1.34. The van der Waals surface area contributed by atoms with Crippen LogP contribution in [-0.2, 0) is 9.59 Å². The summed E-state index contributed by atoms with van der Waals surface area (Å²) >= 11 is 12.0. The largest absolute Gasteiger partial charge is 0.324 e. The fourth-order valence-corrected chi connectivity index (χ4v) is 3.77. The maximum atomic E-state index is 13.2. The van der Waals surface area contributed by atoms with Crippen molar-refractivity contribution in [2.24, 2.45) is 0 Å². The van der Waals surface area contributed by atoms with Crippen molar-refractivity contribution in [2.45, 2.75) is 0 Å². The molecule has 2 aromatic carbocycles. The molecule has 1 N–H and O–H groups in total. The van der Waals surface area contributed by atoms with E-state index < -0.39 is 11.7 Å². The number of amides is 2. The Balaban J connectivity index is 1.63. The molecule has 1 aliphatic heterocycles. The topological polar surface area (TPSA) is 49.4 Å². The Morgan fingerprint density at radius 3 is 2.71 bits per heavy atom. The first-order chi connectivity index (χ1) is 13.4. The van der Waals surface area contributed by atoms with Gasteiger partial charge >= 0.3 is 0 Å². The standard InChI is InChI=1S/C20H14ClFN2O2S2/c21-15-11-14(9-10-16(15)22)23-18(25)12-24-19(26)17(28-20(24)27)8-4-7-13-5-2-1-3-6-13/h1-11H,12H2,(H,23,25)/b7-4+,17-8+. The number of hydrogen-bond acceptors (Lipinski definition) is 4. The number of benzene rings is 2. The predicted octanol–water partition coefficient (Wildman–Crippen LogP) is 4.88. The smallest absolute Gasteiger partial charge is 0.266 e. The Bertz CT molecular complexity index is 993. The van der Waals surface area contributed by atoms with Crippen LogP contribution in [0.3, 0.4) is 0 Å². The maximum absolute atomic E-state index is 13.2. The van der Waals surface area contributed by atoms with Gasteiger partial charge in [0.05, 0.1) is 9.93 Å². The van der Waals surface area contributed by atoms with E-state index in [0.717, 1.165) is 23.4 Å². The molecule has 1 aliphatic rings. The monoisotopic (exact) mass is 432 g/mol. The number of carbonyl (C=O) groups is 2. The van der Waals surface area contributed by atoms with Gasteiger partial charge in [-0.25, -0.2) is 4.39 Å². The number of allylic oxidation sites excluding steroid dienone is 2. The van der Waals surface area contributed by atoms with Gasteiger partial charge in [0.2, 0.25) is 5.91 Å². The lowest BCUT2D eigenvalue weighted by Crippen LogP contribution is -2.36. The maximum Gasteiger partial charge on any atom is 0.266 e. The average Bonchev–Trinajstić information content (AvgIpc) is 2.93. The summed E-state index contributed by atoms with van der Waals surface area (Å²) in [4.78, 5) is 26.4. The fraction of sp³-hybridized carbons (Fsp3) is 0.0500. The number of nitrogens with zero attached hydrogens (tertiary/aromatic N) is 1. The molecule has 2 amide bonds. The van der Waals surface area contributed by atoms with Crippen LogP contribution in [0.2, 0.25) is 5.02 Å². The first kappa shape index (κ1) is 20.3. The van der Waals surface area contributed by atoms with Crippen molar-refractivity contribution in [3.8, 4) is 0 Å². The van der Waals surface area contributed by atoms with Crippen LogP contribution in [0.25, 0.3) is 6.08 Å². The van der Waals surface area contributed by atoms with Crippen LogP contribution < -0.4 is 5.32 Å².